The highest BCUT2D eigenvalue weighted by molar-refractivity contribution is 5.32. The molecule has 0 aliphatic carbocycles. The molecule has 0 atom stereocenters. The van der Waals surface area contributed by atoms with Crippen molar-refractivity contribution in [1.29, 1.82) is 5.26 Å². The third-order valence-corrected chi connectivity index (χ3v) is 1.72. The van der Waals surface area contributed by atoms with E-state index in [2.05, 4.69) is 4.98 Å². The molecule has 0 unspecified atom stereocenters. The Kier molecular flexibility index (Phi) is 3.50. The van der Waals surface area contributed by atoms with Crippen molar-refractivity contribution in [1.82, 2.24) is 4.98 Å². The van der Waals surface area contributed by atoms with Crippen LogP contribution in [0.2, 0.25) is 0 Å². The van der Waals surface area contributed by atoms with E-state index in [1.165, 1.54) is 7.11 Å². The van der Waals surface area contributed by atoms with Crippen LogP contribution in [0, 0.1) is 17.1 Å². The molecule has 0 radical (unpaired) electrons. The van der Waals surface area contributed by atoms with Crippen LogP contribution in [0.25, 0.3) is 0 Å². The van der Waals surface area contributed by atoms with Crippen molar-refractivity contribution in [2.45, 2.75) is 12.8 Å². The molecule has 0 N–H and O–H groups in total. The van der Waals surface area contributed by atoms with Crippen LogP contribution in [-0.2, 0) is 6.42 Å². The number of rotatable bonds is 3. The molecule has 1 rings (SSSR count). The zero-order valence-corrected chi connectivity index (χ0v) is 7.80. The first-order valence-corrected chi connectivity index (χ1v) is 3.98. The molecule has 0 saturated heterocycles. The number of ether oxygens (including phenoxy) is 1. The van der Waals surface area contributed by atoms with Gasteiger partial charge in [0, 0.05) is 6.07 Å². The quantitative estimate of drug-likeness (QED) is 0.778. The molecule has 0 spiro atoms. The molecule has 0 aliphatic rings. The minimum absolute atomic E-state index is 0.00144. The van der Waals surface area contributed by atoms with E-state index < -0.39 is 17.9 Å². The fraction of sp³-hybridized carbons (Fsp3) is 0.333. The van der Waals surface area contributed by atoms with E-state index in [1.807, 2.05) is 0 Å². The summed E-state index contributed by atoms with van der Waals surface area (Å²) in [7, 11) is 1.25. The summed E-state index contributed by atoms with van der Waals surface area (Å²) >= 11 is 0. The van der Waals surface area contributed by atoms with E-state index in [4.69, 9.17) is 10.00 Å². The van der Waals surface area contributed by atoms with Crippen molar-refractivity contribution in [3.8, 4) is 11.8 Å². The molecule has 0 aromatic carbocycles. The van der Waals surface area contributed by atoms with E-state index in [1.54, 1.807) is 6.07 Å². The number of aromatic nitrogens is 1. The molecule has 1 heterocycles. The van der Waals surface area contributed by atoms with Gasteiger partial charge in [-0.15, -0.1) is 0 Å². The maximum Gasteiger partial charge on any atom is 0.283 e. The molecule has 15 heavy (non-hydrogen) atoms. The standard InChI is InChI=1S/C9H7F3N2O/c1-15-7-4-5(10)8(9(11)12)14-6(7)2-3-13/h4,9H,2H2,1H3. The van der Waals surface area contributed by atoms with E-state index in [0.29, 0.717) is 0 Å². The Morgan fingerprint density at radius 2 is 2.27 bits per heavy atom. The van der Waals surface area contributed by atoms with Gasteiger partial charge in [-0.2, -0.15) is 5.26 Å². The summed E-state index contributed by atoms with van der Waals surface area (Å²) in [4.78, 5) is 3.36. The van der Waals surface area contributed by atoms with Crippen molar-refractivity contribution in [2.75, 3.05) is 7.11 Å². The van der Waals surface area contributed by atoms with Gasteiger partial charge < -0.3 is 4.74 Å². The van der Waals surface area contributed by atoms with E-state index >= 15 is 0 Å². The van der Waals surface area contributed by atoms with Gasteiger partial charge in [0.25, 0.3) is 6.43 Å². The Labute approximate surface area is 84.1 Å². The number of hydrogen-bond donors (Lipinski definition) is 0. The number of nitriles is 1. The second kappa shape index (κ2) is 4.64. The lowest BCUT2D eigenvalue weighted by molar-refractivity contribution is 0.140. The summed E-state index contributed by atoms with van der Waals surface area (Å²) in [5, 5.41) is 8.41. The lowest BCUT2D eigenvalue weighted by Crippen LogP contribution is -2.03. The van der Waals surface area contributed by atoms with Gasteiger partial charge in [0.1, 0.15) is 11.4 Å². The molecule has 1 aromatic heterocycles. The topological polar surface area (TPSA) is 45.9 Å². The highest BCUT2D eigenvalue weighted by Crippen LogP contribution is 2.26. The van der Waals surface area contributed by atoms with Gasteiger partial charge >= 0.3 is 0 Å². The number of alkyl halides is 2. The fourth-order valence-electron chi connectivity index (χ4n) is 1.06. The van der Waals surface area contributed by atoms with Crippen LogP contribution in [0.5, 0.6) is 5.75 Å². The average Bonchev–Trinajstić information content (AvgIpc) is 2.20. The second-order valence-electron chi connectivity index (χ2n) is 2.64. The Morgan fingerprint density at radius 3 is 2.73 bits per heavy atom. The highest BCUT2D eigenvalue weighted by Gasteiger charge is 2.19. The van der Waals surface area contributed by atoms with Crippen molar-refractivity contribution in [3.05, 3.63) is 23.3 Å². The van der Waals surface area contributed by atoms with Crippen LogP contribution in [0.4, 0.5) is 13.2 Å². The third-order valence-electron chi connectivity index (χ3n) is 1.72. The van der Waals surface area contributed by atoms with Gasteiger partial charge in [-0.3, -0.25) is 0 Å². The number of nitrogens with zero attached hydrogens (tertiary/aromatic N) is 2. The summed E-state index contributed by atoms with van der Waals surface area (Å²) in [6.07, 6.45) is -3.21. The first-order valence-electron chi connectivity index (χ1n) is 3.98. The van der Waals surface area contributed by atoms with Gasteiger partial charge in [0.2, 0.25) is 0 Å². The maximum atomic E-state index is 13.0. The zero-order chi connectivity index (χ0) is 11.4. The summed E-state index contributed by atoms with van der Waals surface area (Å²) in [5.74, 6) is -1.14. The van der Waals surface area contributed by atoms with Gasteiger partial charge in [0.05, 0.1) is 25.3 Å². The molecule has 0 aliphatic heterocycles. The third kappa shape index (κ3) is 2.37. The Morgan fingerprint density at radius 1 is 1.60 bits per heavy atom. The van der Waals surface area contributed by atoms with Gasteiger partial charge in [-0.25, -0.2) is 18.2 Å². The molecule has 80 valence electrons. The van der Waals surface area contributed by atoms with Crippen LogP contribution in [0.3, 0.4) is 0 Å². The van der Waals surface area contributed by atoms with E-state index in [-0.39, 0.29) is 17.9 Å². The van der Waals surface area contributed by atoms with Crippen LogP contribution in [0.1, 0.15) is 17.8 Å². The fourth-order valence-corrected chi connectivity index (χ4v) is 1.06. The first kappa shape index (κ1) is 11.3. The summed E-state index contributed by atoms with van der Waals surface area (Å²) in [6.45, 7) is 0. The zero-order valence-electron chi connectivity index (χ0n) is 7.80. The van der Waals surface area contributed by atoms with Crippen molar-refractivity contribution in [3.63, 3.8) is 0 Å². The number of hydrogen-bond acceptors (Lipinski definition) is 3. The molecule has 0 amide bonds. The SMILES string of the molecule is COc1cc(F)c(C(F)F)nc1CC#N. The monoisotopic (exact) mass is 216 g/mol. The van der Waals surface area contributed by atoms with Crippen LogP contribution in [-0.4, -0.2) is 12.1 Å². The number of pyridine rings is 1. The molecular formula is C9H7F3N2O. The Hall–Kier alpha value is -1.77. The number of methoxy groups -OCH3 is 1. The molecule has 6 heteroatoms. The lowest BCUT2D eigenvalue weighted by Gasteiger charge is -2.08. The Bertz CT molecular complexity index is 401. The van der Waals surface area contributed by atoms with Crippen LogP contribution < -0.4 is 4.74 Å². The maximum absolute atomic E-state index is 13.0. The van der Waals surface area contributed by atoms with E-state index in [9.17, 15) is 13.2 Å². The molecule has 3 nitrogen and oxygen atoms in total. The van der Waals surface area contributed by atoms with Crippen LogP contribution >= 0.6 is 0 Å². The summed E-state index contributed by atoms with van der Waals surface area (Å²) in [6, 6.07) is 2.54. The van der Waals surface area contributed by atoms with Crippen molar-refractivity contribution >= 4 is 0 Å². The van der Waals surface area contributed by atoms with Crippen molar-refractivity contribution in [2.24, 2.45) is 0 Å². The van der Waals surface area contributed by atoms with Gasteiger partial charge in [-0.05, 0) is 0 Å². The molecule has 0 saturated carbocycles. The normalized spacial score (nSPS) is 10.1. The minimum atomic E-state index is -3.01. The van der Waals surface area contributed by atoms with E-state index in [0.717, 1.165) is 6.07 Å². The molecule has 1 aromatic rings. The predicted molar refractivity (Wildman–Crippen MR) is 45.0 cm³/mol. The van der Waals surface area contributed by atoms with Gasteiger partial charge in [-0.1, -0.05) is 0 Å². The summed E-state index contributed by atoms with van der Waals surface area (Å²) < 4.78 is 42.2. The second-order valence-corrected chi connectivity index (χ2v) is 2.64. The molecule has 0 bridgehead atoms. The van der Waals surface area contributed by atoms with Crippen LogP contribution in [0.15, 0.2) is 6.07 Å². The lowest BCUT2D eigenvalue weighted by atomic mass is 10.2. The van der Waals surface area contributed by atoms with Crippen molar-refractivity contribution < 1.29 is 17.9 Å². The Balaban J connectivity index is 3.25. The minimum Gasteiger partial charge on any atom is -0.495 e. The highest BCUT2D eigenvalue weighted by atomic mass is 19.3. The number of halogens is 3. The smallest absolute Gasteiger partial charge is 0.283 e. The van der Waals surface area contributed by atoms with Gasteiger partial charge in [0.15, 0.2) is 5.82 Å². The summed E-state index contributed by atoms with van der Waals surface area (Å²) in [5.41, 5.74) is -0.947. The predicted octanol–water partition coefficient (Wildman–Crippen LogP) is 2.23. The molecule has 0 fully saturated rings. The average molecular weight is 216 g/mol. The molecular weight excluding hydrogens is 209 g/mol. The largest absolute Gasteiger partial charge is 0.495 e. The first-order chi connectivity index (χ1) is 7.10.